The fourth-order valence-corrected chi connectivity index (χ4v) is 3.87. The summed E-state index contributed by atoms with van der Waals surface area (Å²) in [5.41, 5.74) is 8.45. The van der Waals surface area contributed by atoms with Crippen molar-refractivity contribution in [2.45, 2.75) is 40.9 Å². The van der Waals surface area contributed by atoms with Gasteiger partial charge < -0.3 is 0 Å². The number of aromatic nitrogens is 2. The SMILES string of the molecule is [2H]C([2H])([2H])c1c[n+](C)c(-c2c(C)ccc3c2Cc2nc(C)cc(C([2H])([2H])[2H])c2-3)cc1C. The monoisotopic (exact) mass is 335 g/mol. The van der Waals surface area contributed by atoms with Crippen molar-refractivity contribution in [3.05, 3.63) is 69.7 Å². The molecular formula is C23H25N2+. The van der Waals surface area contributed by atoms with Crippen molar-refractivity contribution in [3.8, 4) is 22.4 Å². The molecule has 0 unspecified atom stereocenters. The highest BCUT2D eigenvalue weighted by Crippen LogP contribution is 2.43. The predicted octanol–water partition coefficient (Wildman–Crippen LogP) is 4.69. The van der Waals surface area contributed by atoms with Gasteiger partial charge in [0.05, 0.1) is 11.3 Å². The first-order valence-corrected chi connectivity index (χ1v) is 8.44. The molecule has 2 heterocycles. The van der Waals surface area contributed by atoms with Crippen LogP contribution in [0.5, 0.6) is 0 Å². The first-order valence-electron chi connectivity index (χ1n) is 11.4. The summed E-state index contributed by atoms with van der Waals surface area (Å²) in [6.07, 6.45) is 2.22. The van der Waals surface area contributed by atoms with Crippen molar-refractivity contribution in [2.24, 2.45) is 7.05 Å². The fraction of sp³-hybridized carbons (Fsp3) is 0.304. The maximum atomic E-state index is 8.03. The van der Waals surface area contributed by atoms with E-state index in [0.29, 0.717) is 34.4 Å². The highest BCUT2D eigenvalue weighted by atomic mass is 14.9. The van der Waals surface area contributed by atoms with E-state index in [0.717, 1.165) is 33.6 Å². The zero-order valence-electron chi connectivity index (χ0n) is 21.0. The average molecular weight is 336 g/mol. The van der Waals surface area contributed by atoms with Crippen LogP contribution in [-0.4, -0.2) is 4.98 Å². The van der Waals surface area contributed by atoms with Crippen LogP contribution in [0, 0.1) is 34.5 Å². The van der Waals surface area contributed by atoms with Gasteiger partial charge in [-0.15, -0.1) is 0 Å². The maximum Gasteiger partial charge on any atom is 0.213 e. The van der Waals surface area contributed by atoms with Gasteiger partial charge in [-0.3, -0.25) is 4.98 Å². The van der Waals surface area contributed by atoms with Gasteiger partial charge in [0.15, 0.2) is 6.20 Å². The van der Waals surface area contributed by atoms with Gasteiger partial charge in [0.1, 0.15) is 7.05 Å². The average Bonchev–Trinajstić information content (AvgIpc) is 2.99. The molecule has 2 nitrogen and oxygen atoms in total. The number of hydrogen-bond acceptors (Lipinski definition) is 1. The molecule has 3 aromatic rings. The van der Waals surface area contributed by atoms with Crippen molar-refractivity contribution >= 4 is 0 Å². The molecule has 0 fully saturated rings. The predicted molar refractivity (Wildman–Crippen MR) is 103 cm³/mol. The van der Waals surface area contributed by atoms with Gasteiger partial charge in [0, 0.05) is 37.5 Å². The van der Waals surface area contributed by atoms with Crippen LogP contribution in [0.2, 0.25) is 0 Å². The van der Waals surface area contributed by atoms with Crippen LogP contribution in [0.1, 0.15) is 47.4 Å². The summed E-state index contributed by atoms with van der Waals surface area (Å²) in [4.78, 5) is 4.66. The summed E-state index contributed by atoms with van der Waals surface area (Å²) in [5.74, 6) is 0. The number of aryl methyl sites for hydroxylation is 6. The van der Waals surface area contributed by atoms with Crippen molar-refractivity contribution in [3.63, 3.8) is 0 Å². The molecular weight excluding hydrogens is 304 g/mol. The zero-order chi connectivity index (χ0) is 22.9. The molecule has 0 aliphatic heterocycles. The third kappa shape index (κ3) is 2.39. The molecule has 2 heteroatoms. The van der Waals surface area contributed by atoms with E-state index in [9.17, 15) is 0 Å². The molecule has 0 saturated carbocycles. The fourth-order valence-electron chi connectivity index (χ4n) is 3.87. The lowest BCUT2D eigenvalue weighted by Gasteiger charge is -2.12. The van der Waals surface area contributed by atoms with Gasteiger partial charge in [0.25, 0.3) is 0 Å². The minimum Gasteiger partial charge on any atom is -0.257 e. The second-order valence-corrected chi connectivity index (χ2v) is 6.96. The lowest BCUT2D eigenvalue weighted by molar-refractivity contribution is -0.660. The number of benzene rings is 1. The zero-order valence-corrected chi connectivity index (χ0v) is 15.0. The first-order chi connectivity index (χ1) is 14.3. The van der Waals surface area contributed by atoms with Crippen molar-refractivity contribution < 1.29 is 12.8 Å². The van der Waals surface area contributed by atoms with Crippen LogP contribution in [0.25, 0.3) is 22.4 Å². The van der Waals surface area contributed by atoms with E-state index in [-0.39, 0.29) is 0 Å². The molecule has 126 valence electrons. The smallest absolute Gasteiger partial charge is 0.213 e. The normalized spacial score (nSPS) is 16.8. The van der Waals surface area contributed by atoms with Gasteiger partial charge in [-0.25, -0.2) is 4.57 Å². The van der Waals surface area contributed by atoms with Crippen molar-refractivity contribution in [2.75, 3.05) is 0 Å². The molecule has 4 rings (SSSR count). The van der Waals surface area contributed by atoms with Crippen molar-refractivity contribution in [1.29, 1.82) is 0 Å². The van der Waals surface area contributed by atoms with Gasteiger partial charge in [-0.1, -0.05) is 12.1 Å². The van der Waals surface area contributed by atoms with Crippen LogP contribution in [-0.2, 0) is 13.5 Å². The standard InChI is InChI=1S/C23H25N2/c1-13-7-8-18-19(11-20-22(18)15(3)9-17(5)24-20)23(13)21-10-14(2)16(4)12-25(21)6/h7-10,12H,11H2,1-6H3/q+1/i3D3,4D3. The number of rotatable bonds is 1. The van der Waals surface area contributed by atoms with E-state index >= 15 is 0 Å². The Hall–Kier alpha value is -2.48. The van der Waals surface area contributed by atoms with Crippen molar-refractivity contribution in [1.82, 2.24) is 4.98 Å². The lowest BCUT2D eigenvalue weighted by Crippen LogP contribution is -2.32. The van der Waals surface area contributed by atoms with E-state index in [1.807, 2.05) is 50.6 Å². The Morgan fingerprint density at radius 3 is 2.52 bits per heavy atom. The summed E-state index contributed by atoms with van der Waals surface area (Å²) in [7, 11) is 1.85. The Balaban J connectivity index is 1.99. The van der Waals surface area contributed by atoms with Crippen LogP contribution in [0.4, 0.5) is 0 Å². The summed E-state index contributed by atoms with van der Waals surface area (Å²) < 4.78 is 49.3. The minimum absolute atomic E-state index is 0.328. The summed E-state index contributed by atoms with van der Waals surface area (Å²) in [6.45, 7) is 1.25. The highest BCUT2D eigenvalue weighted by molar-refractivity contribution is 5.85. The molecule has 1 aliphatic rings. The Morgan fingerprint density at radius 1 is 0.960 bits per heavy atom. The molecule has 0 amide bonds. The Morgan fingerprint density at radius 2 is 1.76 bits per heavy atom. The molecule has 0 spiro atoms. The largest absolute Gasteiger partial charge is 0.257 e. The first kappa shape index (κ1) is 10.5. The Bertz CT molecular complexity index is 1220. The second kappa shape index (κ2) is 5.52. The molecule has 0 bridgehead atoms. The highest BCUT2D eigenvalue weighted by Gasteiger charge is 2.28. The molecule has 1 aromatic carbocycles. The molecule has 1 aliphatic carbocycles. The van der Waals surface area contributed by atoms with Gasteiger partial charge >= 0.3 is 0 Å². The minimum atomic E-state index is -2.23. The second-order valence-electron chi connectivity index (χ2n) is 6.96. The lowest BCUT2D eigenvalue weighted by atomic mass is 9.92. The number of nitrogens with zero attached hydrogens (tertiary/aromatic N) is 2. The summed E-state index contributed by atoms with van der Waals surface area (Å²) >= 11 is 0. The molecule has 2 aromatic heterocycles. The third-order valence-electron chi connectivity index (χ3n) is 5.09. The number of fused-ring (bicyclic) bond motifs is 3. The van der Waals surface area contributed by atoms with E-state index in [1.54, 1.807) is 12.3 Å². The maximum absolute atomic E-state index is 8.03. The Kier molecular flexibility index (Phi) is 2.32. The van der Waals surface area contributed by atoms with Gasteiger partial charge in [-0.2, -0.15) is 0 Å². The summed E-state index contributed by atoms with van der Waals surface area (Å²) in [5, 5.41) is 0. The number of pyridine rings is 2. The molecule has 25 heavy (non-hydrogen) atoms. The van der Waals surface area contributed by atoms with E-state index < -0.39 is 13.7 Å². The van der Waals surface area contributed by atoms with Crippen LogP contribution in [0.15, 0.2) is 30.5 Å². The van der Waals surface area contributed by atoms with E-state index in [4.69, 9.17) is 8.22 Å². The Labute approximate surface area is 158 Å². The number of hydrogen-bond donors (Lipinski definition) is 0. The van der Waals surface area contributed by atoms with Crippen LogP contribution < -0.4 is 4.57 Å². The van der Waals surface area contributed by atoms with E-state index in [2.05, 4.69) is 4.98 Å². The quantitative estimate of drug-likeness (QED) is 0.461. The molecule has 0 radical (unpaired) electrons. The van der Waals surface area contributed by atoms with Gasteiger partial charge in [-0.05, 0) is 68.4 Å². The van der Waals surface area contributed by atoms with E-state index in [1.165, 1.54) is 0 Å². The van der Waals surface area contributed by atoms with Gasteiger partial charge in [0.2, 0.25) is 5.69 Å². The third-order valence-corrected chi connectivity index (χ3v) is 5.09. The van der Waals surface area contributed by atoms with Crippen LogP contribution in [0.3, 0.4) is 0 Å². The molecule has 0 N–H and O–H groups in total. The topological polar surface area (TPSA) is 16.8 Å². The molecule has 0 atom stereocenters. The summed E-state index contributed by atoms with van der Waals surface area (Å²) in [6, 6.07) is 7.56. The van der Waals surface area contributed by atoms with Crippen LogP contribution >= 0.6 is 0 Å². The molecule has 0 saturated heterocycles.